The fourth-order valence-corrected chi connectivity index (χ4v) is 8.81. The summed E-state index contributed by atoms with van der Waals surface area (Å²) in [5, 5.41) is 49.6. The molecule has 312 valence electrons. The number of amides is 1. The van der Waals surface area contributed by atoms with E-state index in [1.54, 1.807) is 78.9 Å². The molecular weight excluding hydrogens is 762 g/mol. The van der Waals surface area contributed by atoms with Crippen LogP contribution in [0.3, 0.4) is 0 Å². The summed E-state index contributed by atoms with van der Waals surface area (Å²) in [7, 11) is 0. The molecule has 0 aromatic heterocycles. The van der Waals surface area contributed by atoms with Crippen molar-refractivity contribution in [2.24, 2.45) is 11.3 Å². The molecule has 0 unspecified atom stereocenters. The second-order valence-electron chi connectivity index (χ2n) is 15.8. The molecule has 14 heteroatoms. The summed E-state index contributed by atoms with van der Waals surface area (Å²) in [5.41, 5.74) is -5.17. The number of rotatable bonds is 12. The molecule has 0 saturated carbocycles. The third kappa shape index (κ3) is 7.80. The van der Waals surface area contributed by atoms with Crippen LogP contribution in [-0.2, 0) is 33.3 Å². The minimum absolute atomic E-state index is 0.0707. The lowest BCUT2D eigenvalue weighted by molar-refractivity contribution is -0.295. The number of Topliss-reactive ketones (excluding diaryl/α,β-unsaturated/α-hetero) is 1. The maximum absolute atomic E-state index is 14.6. The molecule has 3 aromatic rings. The van der Waals surface area contributed by atoms with Gasteiger partial charge in [-0.1, -0.05) is 80.6 Å². The standard InChI is InChI=1S/C45H49NO13/c1-25-31(57-42(54)38(51)35(28-15-9-6-10-16-28)46-40(52)29-17-11-7-12-18-29)23-45(55)39(58-41(53)30-19-13-8-14-20-30)34(26(2)36(49)37(50)33(25)43(45,4)5)44(59-27(3)48)24-56-32(44)21-22-47/h6-20,31-32,34-35,38-39,47,49,51,55H,21-24H2,1-5H3,(H,46,52)/b36-26+/t31-,32+,34+,35-,38+,39-,44-,45+/m0/s1. The summed E-state index contributed by atoms with van der Waals surface area (Å²) in [4.78, 5) is 68.9. The van der Waals surface area contributed by atoms with Gasteiger partial charge in [0.1, 0.15) is 23.9 Å². The number of ketones is 1. The maximum Gasteiger partial charge on any atom is 0.338 e. The normalized spacial score (nSPS) is 28.5. The highest BCUT2D eigenvalue weighted by Gasteiger charge is 2.69. The van der Waals surface area contributed by atoms with E-state index in [9.17, 15) is 44.4 Å². The zero-order chi connectivity index (χ0) is 42.9. The number of hydrogen-bond donors (Lipinski definition) is 5. The van der Waals surface area contributed by atoms with Crippen molar-refractivity contribution in [3.8, 4) is 0 Å². The smallest absolute Gasteiger partial charge is 0.338 e. The number of fused-ring (bicyclic) bond motifs is 2. The predicted octanol–water partition coefficient (Wildman–Crippen LogP) is 4.25. The van der Waals surface area contributed by atoms with Crippen LogP contribution in [0.15, 0.2) is 113 Å². The summed E-state index contributed by atoms with van der Waals surface area (Å²) in [6, 6.07) is 23.0. The van der Waals surface area contributed by atoms with E-state index in [1.807, 2.05) is 0 Å². The molecule has 8 atom stereocenters. The van der Waals surface area contributed by atoms with E-state index in [0.29, 0.717) is 5.56 Å². The molecule has 1 heterocycles. The Hall–Kier alpha value is -5.67. The average molecular weight is 812 g/mol. The average Bonchev–Trinajstić information content (AvgIpc) is 3.22. The van der Waals surface area contributed by atoms with Crippen LogP contribution < -0.4 is 5.32 Å². The van der Waals surface area contributed by atoms with Gasteiger partial charge in [0.15, 0.2) is 17.5 Å². The minimum atomic E-state index is -2.35. The molecule has 2 aliphatic carbocycles. The van der Waals surface area contributed by atoms with Gasteiger partial charge < -0.3 is 44.7 Å². The lowest BCUT2D eigenvalue weighted by atomic mass is 9.53. The Kier molecular flexibility index (Phi) is 12.3. The van der Waals surface area contributed by atoms with Crippen LogP contribution in [0.5, 0.6) is 0 Å². The van der Waals surface area contributed by atoms with Crippen LogP contribution in [0.4, 0.5) is 0 Å². The fraction of sp³-hybridized carbons (Fsp3) is 0.400. The van der Waals surface area contributed by atoms with Crippen molar-refractivity contribution in [1.82, 2.24) is 5.32 Å². The quantitative estimate of drug-likeness (QED) is 0.128. The van der Waals surface area contributed by atoms with Crippen molar-refractivity contribution in [3.63, 3.8) is 0 Å². The van der Waals surface area contributed by atoms with Crippen LogP contribution in [0.25, 0.3) is 0 Å². The number of esters is 3. The second kappa shape index (κ2) is 16.9. The van der Waals surface area contributed by atoms with Gasteiger partial charge >= 0.3 is 17.9 Å². The number of benzene rings is 3. The van der Waals surface area contributed by atoms with Gasteiger partial charge in [-0.25, -0.2) is 9.59 Å². The van der Waals surface area contributed by atoms with Crippen molar-refractivity contribution in [1.29, 1.82) is 0 Å². The van der Waals surface area contributed by atoms with Crippen molar-refractivity contribution < 1.29 is 63.3 Å². The van der Waals surface area contributed by atoms with Crippen LogP contribution in [0.1, 0.15) is 79.8 Å². The molecular formula is C45H49NO13. The van der Waals surface area contributed by atoms with Crippen LogP contribution in [0, 0.1) is 11.3 Å². The van der Waals surface area contributed by atoms with Gasteiger partial charge in [0.2, 0.25) is 5.78 Å². The van der Waals surface area contributed by atoms with Crippen LogP contribution in [-0.4, -0.2) is 98.9 Å². The number of ether oxygens (including phenoxy) is 4. The van der Waals surface area contributed by atoms with E-state index in [-0.39, 0.29) is 40.9 Å². The van der Waals surface area contributed by atoms with Crippen LogP contribution in [0.2, 0.25) is 0 Å². The van der Waals surface area contributed by atoms with Gasteiger partial charge in [0.05, 0.1) is 24.1 Å². The SMILES string of the molecule is CC(=O)O[C@@]1([C@@H]2/C(C)=C(/O)C(=O)C3=C(C)[C@@H](OC(=O)[C@H](O)[C@@H](NC(=O)c4ccccc4)c4ccccc4)C[C@@](O)([C@H]2OC(=O)c2ccccc2)C3(C)C)CO[C@@H]1CCO. The van der Waals surface area contributed by atoms with Gasteiger partial charge in [-0.15, -0.1) is 0 Å². The van der Waals surface area contributed by atoms with Crippen molar-refractivity contribution in [2.75, 3.05) is 13.2 Å². The lowest BCUT2D eigenvalue weighted by Gasteiger charge is -2.60. The Labute approximate surface area is 341 Å². The predicted molar refractivity (Wildman–Crippen MR) is 210 cm³/mol. The van der Waals surface area contributed by atoms with Gasteiger partial charge in [0, 0.05) is 42.9 Å². The number of carbonyl (C=O) groups is 5. The highest BCUT2D eigenvalue weighted by atomic mass is 16.6. The molecule has 1 saturated heterocycles. The largest absolute Gasteiger partial charge is 0.504 e. The molecule has 1 fully saturated rings. The zero-order valence-corrected chi connectivity index (χ0v) is 33.4. The maximum atomic E-state index is 14.6. The molecule has 14 nitrogen and oxygen atoms in total. The first kappa shape index (κ1) is 42.9. The Morgan fingerprint density at radius 2 is 1.46 bits per heavy atom. The van der Waals surface area contributed by atoms with E-state index >= 15 is 0 Å². The fourth-order valence-electron chi connectivity index (χ4n) is 8.81. The first-order valence-electron chi connectivity index (χ1n) is 19.3. The third-order valence-electron chi connectivity index (χ3n) is 12.0. The third-order valence-corrected chi connectivity index (χ3v) is 12.0. The van der Waals surface area contributed by atoms with Gasteiger partial charge in [-0.3, -0.25) is 14.4 Å². The summed E-state index contributed by atoms with van der Waals surface area (Å²) in [6.07, 6.45) is -6.86. The number of hydrogen-bond acceptors (Lipinski definition) is 13. The number of allylic oxidation sites excluding steroid dienone is 1. The topological polar surface area (TPSA) is 215 Å². The molecule has 6 rings (SSSR count). The highest BCUT2D eigenvalue weighted by Crippen LogP contribution is 2.58. The zero-order valence-electron chi connectivity index (χ0n) is 33.4. The first-order valence-corrected chi connectivity index (χ1v) is 19.3. The molecule has 1 amide bonds. The van der Waals surface area contributed by atoms with E-state index in [0.717, 1.165) is 6.92 Å². The van der Waals surface area contributed by atoms with Gasteiger partial charge in [-0.2, -0.15) is 0 Å². The number of carbonyl (C=O) groups excluding carboxylic acids is 5. The number of aliphatic hydroxyl groups excluding tert-OH is 3. The molecule has 0 spiro atoms. The van der Waals surface area contributed by atoms with E-state index in [4.69, 9.17) is 18.9 Å². The van der Waals surface area contributed by atoms with E-state index in [2.05, 4.69) is 5.32 Å². The van der Waals surface area contributed by atoms with Gasteiger partial charge in [0.25, 0.3) is 5.91 Å². The number of nitrogens with one attached hydrogen (secondary N) is 1. The monoisotopic (exact) mass is 811 g/mol. The van der Waals surface area contributed by atoms with E-state index < -0.39 is 101 Å². The van der Waals surface area contributed by atoms with Crippen molar-refractivity contribution in [2.45, 2.75) is 89.1 Å². The Bertz CT molecular complexity index is 2150. The molecule has 0 radical (unpaired) electrons. The molecule has 1 aliphatic heterocycles. The van der Waals surface area contributed by atoms with E-state index in [1.165, 1.54) is 39.8 Å². The minimum Gasteiger partial charge on any atom is -0.504 e. The first-order chi connectivity index (χ1) is 28.0. The Balaban J connectivity index is 1.47. The number of aliphatic hydroxyl groups is 4. The van der Waals surface area contributed by atoms with Crippen molar-refractivity contribution >= 4 is 29.6 Å². The summed E-state index contributed by atoms with van der Waals surface area (Å²) >= 11 is 0. The second-order valence-corrected chi connectivity index (χ2v) is 15.8. The Morgan fingerprint density at radius 3 is 2.00 bits per heavy atom. The highest BCUT2D eigenvalue weighted by molar-refractivity contribution is 6.09. The summed E-state index contributed by atoms with van der Waals surface area (Å²) < 4.78 is 24.1. The molecule has 3 aromatic carbocycles. The van der Waals surface area contributed by atoms with Crippen LogP contribution >= 0.6 is 0 Å². The Morgan fingerprint density at radius 1 is 0.881 bits per heavy atom. The van der Waals surface area contributed by atoms with Crippen molar-refractivity contribution in [3.05, 3.63) is 130 Å². The molecule has 5 N–H and O–H groups in total. The molecule has 59 heavy (non-hydrogen) atoms. The lowest BCUT2D eigenvalue weighted by Crippen LogP contribution is -2.73. The summed E-state index contributed by atoms with van der Waals surface area (Å²) in [6.45, 7) is 6.35. The molecule has 3 aliphatic rings. The molecule has 2 bridgehead atoms. The van der Waals surface area contributed by atoms with Gasteiger partial charge in [-0.05, 0) is 54.8 Å². The summed E-state index contributed by atoms with van der Waals surface area (Å²) in [5.74, 6) is -6.69.